The van der Waals surface area contributed by atoms with Crippen LogP contribution in [0.1, 0.15) is 26.7 Å². The summed E-state index contributed by atoms with van der Waals surface area (Å²) in [5, 5.41) is 0.371. The minimum Gasteiger partial charge on any atom is -0.495 e. The van der Waals surface area contributed by atoms with Gasteiger partial charge >= 0.3 is 0 Å². The van der Waals surface area contributed by atoms with Gasteiger partial charge < -0.3 is 9.64 Å². The van der Waals surface area contributed by atoms with Gasteiger partial charge in [0.2, 0.25) is 15.9 Å². The van der Waals surface area contributed by atoms with Gasteiger partial charge in [0.25, 0.3) is 0 Å². The number of benzene rings is 1. The number of hydrogen-bond donors (Lipinski definition) is 0. The molecule has 1 aromatic rings. The number of rotatable bonds is 5. The van der Waals surface area contributed by atoms with Gasteiger partial charge in [-0.15, -0.1) is 0 Å². The number of ether oxygens (including phenoxy) is 1. The number of methoxy groups -OCH3 is 1. The third-order valence-corrected chi connectivity index (χ3v) is 5.88. The van der Waals surface area contributed by atoms with Gasteiger partial charge in [-0.2, -0.15) is 0 Å². The summed E-state index contributed by atoms with van der Waals surface area (Å²) in [6, 6.07) is 3.83. The fraction of sp³-hybridized carbons (Fsp3) is 0.588. The molecule has 2 rings (SSSR count). The molecule has 0 aliphatic carbocycles. The topological polar surface area (TPSA) is 66.9 Å². The van der Waals surface area contributed by atoms with Crippen LogP contribution in [0.3, 0.4) is 0 Å². The van der Waals surface area contributed by atoms with E-state index in [9.17, 15) is 13.2 Å². The molecule has 1 aromatic carbocycles. The molecular formula is C17H25ClN2O4S. The third-order valence-electron chi connectivity index (χ3n) is 4.41. The smallest absolute Gasteiger partial charge is 0.246 e. The lowest BCUT2D eigenvalue weighted by Crippen LogP contribution is -2.51. The summed E-state index contributed by atoms with van der Waals surface area (Å²) in [6.45, 7) is 4.99. The second-order valence-electron chi connectivity index (χ2n) is 6.58. The highest BCUT2D eigenvalue weighted by Gasteiger charge is 2.35. The van der Waals surface area contributed by atoms with Gasteiger partial charge in [0, 0.05) is 18.1 Å². The molecule has 0 radical (unpaired) electrons. The number of hydrogen-bond acceptors (Lipinski definition) is 4. The molecule has 2 atom stereocenters. The van der Waals surface area contributed by atoms with Crippen molar-refractivity contribution in [3.8, 4) is 5.75 Å². The number of carbonyl (C=O) groups is 1. The van der Waals surface area contributed by atoms with E-state index < -0.39 is 16.1 Å². The molecule has 1 aliphatic heterocycles. The first-order chi connectivity index (χ1) is 11.6. The maximum atomic E-state index is 12.9. The fourth-order valence-corrected chi connectivity index (χ4v) is 4.59. The van der Waals surface area contributed by atoms with Gasteiger partial charge in [-0.05, 0) is 43.9 Å². The first-order valence-electron chi connectivity index (χ1n) is 8.27. The minimum atomic E-state index is -3.72. The van der Waals surface area contributed by atoms with E-state index in [-0.39, 0.29) is 11.6 Å². The van der Waals surface area contributed by atoms with Gasteiger partial charge in [-0.1, -0.05) is 18.5 Å². The Bertz CT molecular complexity index is 738. The summed E-state index contributed by atoms with van der Waals surface area (Å²) in [5.74, 6) is 0.554. The highest BCUT2D eigenvalue weighted by atomic mass is 35.5. The van der Waals surface area contributed by atoms with Crippen LogP contribution in [0.15, 0.2) is 18.2 Å². The Kier molecular flexibility index (Phi) is 6.21. The molecule has 0 saturated carbocycles. The van der Waals surface area contributed by atoms with Gasteiger partial charge in [-0.3, -0.25) is 9.10 Å². The van der Waals surface area contributed by atoms with E-state index in [1.54, 1.807) is 24.0 Å². The standard InChI is InChI=1S/C17H25ClN2O4S/c1-12-6-5-9-19(11-12)17(21)13(2)20(25(4,22)23)15-10-14(18)7-8-16(15)24-3/h7-8,10,12-13H,5-6,9,11H2,1-4H3/t12-,13-/m0/s1. The van der Waals surface area contributed by atoms with Crippen LogP contribution in [-0.4, -0.2) is 51.7 Å². The number of carbonyl (C=O) groups excluding carboxylic acids is 1. The van der Waals surface area contributed by atoms with E-state index in [1.165, 1.54) is 13.2 Å². The van der Waals surface area contributed by atoms with Gasteiger partial charge in [0.15, 0.2) is 0 Å². The molecule has 0 bridgehead atoms. The molecule has 0 N–H and O–H groups in total. The quantitative estimate of drug-likeness (QED) is 0.777. The lowest BCUT2D eigenvalue weighted by molar-refractivity contribution is -0.133. The maximum Gasteiger partial charge on any atom is 0.246 e. The Labute approximate surface area is 154 Å². The molecule has 25 heavy (non-hydrogen) atoms. The molecule has 1 aliphatic rings. The van der Waals surface area contributed by atoms with Crippen LogP contribution >= 0.6 is 11.6 Å². The van der Waals surface area contributed by atoms with Crippen LogP contribution in [0.5, 0.6) is 5.75 Å². The molecular weight excluding hydrogens is 364 g/mol. The van der Waals surface area contributed by atoms with E-state index in [0.29, 0.717) is 29.8 Å². The number of halogens is 1. The Morgan fingerprint density at radius 2 is 2.12 bits per heavy atom. The van der Waals surface area contributed by atoms with Gasteiger partial charge in [0.05, 0.1) is 19.1 Å². The number of piperidine rings is 1. The zero-order chi connectivity index (χ0) is 18.8. The zero-order valence-electron chi connectivity index (χ0n) is 15.0. The molecule has 1 heterocycles. The predicted octanol–water partition coefficient (Wildman–Crippen LogP) is 2.76. The largest absolute Gasteiger partial charge is 0.495 e. The average molecular weight is 389 g/mol. The summed E-state index contributed by atoms with van der Waals surface area (Å²) < 4.78 is 31.3. The Balaban J connectivity index is 2.41. The van der Waals surface area contributed by atoms with E-state index >= 15 is 0 Å². The van der Waals surface area contributed by atoms with Crippen molar-refractivity contribution in [1.29, 1.82) is 0 Å². The lowest BCUT2D eigenvalue weighted by Gasteiger charge is -2.36. The van der Waals surface area contributed by atoms with Crippen molar-refractivity contribution in [2.24, 2.45) is 5.92 Å². The third kappa shape index (κ3) is 4.58. The Morgan fingerprint density at radius 1 is 1.44 bits per heavy atom. The van der Waals surface area contributed by atoms with E-state index in [4.69, 9.17) is 16.3 Å². The van der Waals surface area contributed by atoms with Gasteiger partial charge in [-0.25, -0.2) is 8.42 Å². The minimum absolute atomic E-state index is 0.209. The molecule has 1 fully saturated rings. The summed E-state index contributed by atoms with van der Waals surface area (Å²) >= 11 is 6.05. The number of anilines is 1. The van der Waals surface area contributed by atoms with E-state index in [2.05, 4.69) is 6.92 Å². The van der Waals surface area contributed by atoms with Crippen LogP contribution in [0.4, 0.5) is 5.69 Å². The van der Waals surface area contributed by atoms with Crippen LogP contribution < -0.4 is 9.04 Å². The van der Waals surface area contributed by atoms with Crippen molar-refractivity contribution < 1.29 is 17.9 Å². The molecule has 140 valence electrons. The Morgan fingerprint density at radius 3 is 2.68 bits per heavy atom. The van der Waals surface area contributed by atoms with E-state index in [1.807, 2.05) is 0 Å². The number of likely N-dealkylation sites (tertiary alicyclic amines) is 1. The second-order valence-corrected chi connectivity index (χ2v) is 8.88. The Hall–Kier alpha value is -1.47. The fourth-order valence-electron chi connectivity index (χ4n) is 3.26. The maximum absolute atomic E-state index is 12.9. The lowest BCUT2D eigenvalue weighted by atomic mass is 10.00. The van der Waals surface area contributed by atoms with Crippen molar-refractivity contribution in [3.63, 3.8) is 0 Å². The summed E-state index contributed by atoms with van der Waals surface area (Å²) in [7, 11) is -2.27. The van der Waals surface area contributed by atoms with Crippen LogP contribution in [-0.2, 0) is 14.8 Å². The monoisotopic (exact) mass is 388 g/mol. The SMILES string of the molecule is COc1ccc(Cl)cc1N([C@@H](C)C(=O)N1CCC[C@H](C)C1)S(C)(=O)=O. The summed E-state index contributed by atoms with van der Waals surface area (Å²) in [4.78, 5) is 14.7. The molecule has 0 aromatic heterocycles. The first kappa shape index (κ1) is 19.8. The molecule has 0 unspecified atom stereocenters. The number of sulfonamides is 1. The second kappa shape index (κ2) is 7.83. The van der Waals surface area contributed by atoms with Crippen LogP contribution in [0.2, 0.25) is 5.02 Å². The van der Waals surface area contributed by atoms with Crippen molar-refractivity contribution in [1.82, 2.24) is 4.90 Å². The van der Waals surface area contributed by atoms with Crippen LogP contribution in [0.25, 0.3) is 0 Å². The summed E-state index contributed by atoms with van der Waals surface area (Å²) in [6.07, 6.45) is 3.09. The molecule has 8 heteroatoms. The predicted molar refractivity (Wildman–Crippen MR) is 99.8 cm³/mol. The number of amides is 1. The molecule has 1 saturated heterocycles. The van der Waals surface area contributed by atoms with Crippen molar-refractivity contribution in [2.45, 2.75) is 32.7 Å². The number of nitrogens with zero attached hydrogens (tertiary/aromatic N) is 2. The highest BCUT2D eigenvalue weighted by molar-refractivity contribution is 7.92. The average Bonchev–Trinajstić information content (AvgIpc) is 2.53. The normalized spacial score (nSPS) is 19.4. The molecule has 1 amide bonds. The van der Waals surface area contributed by atoms with Crippen LogP contribution in [0, 0.1) is 5.92 Å². The van der Waals surface area contributed by atoms with Crippen molar-refractivity contribution in [2.75, 3.05) is 30.8 Å². The first-order valence-corrected chi connectivity index (χ1v) is 10.5. The van der Waals surface area contributed by atoms with E-state index in [0.717, 1.165) is 23.4 Å². The molecule has 0 spiro atoms. The highest BCUT2D eigenvalue weighted by Crippen LogP contribution is 2.34. The van der Waals surface area contributed by atoms with Crippen molar-refractivity contribution in [3.05, 3.63) is 23.2 Å². The van der Waals surface area contributed by atoms with Crippen molar-refractivity contribution >= 4 is 33.2 Å². The van der Waals surface area contributed by atoms with Gasteiger partial charge in [0.1, 0.15) is 11.8 Å². The molecule has 6 nitrogen and oxygen atoms in total. The zero-order valence-corrected chi connectivity index (χ0v) is 16.6. The summed E-state index contributed by atoms with van der Waals surface area (Å²) in [5.41, 5.74) is 0.267.